The molecular weight excluding hydrogens is 957 g/mol. The molecule has 0 saturated carbocycles. The largest absolute Gasteiger partial charge is 1.00 e. The third kappa shape index (κ3) is 4.90. The van der Waals surface area contributed by atoms with E-state index < -0.39 is 5.97 Å². The molecule has 5 nitrogen and oxygen atoms in total. The Morgan fingerprint density at radius 3 is 1.67 bits per heavy atom. The van der Waals surface area contributed by atoms with Crippen molar-refractivity contribution in [3.63, 3.8) is 0 Å². The molecule has 0 unspecified atom stereocenters. The summed E-state index contributed by atoms with van der Waals surface area (Å²) in [6, 6.07) is 4.76. The molecule has 0 aliphatic rings. The number of fused-ring (bicyclic) bond motifs is 2. The van der Waals surface area contributed by atoms with E-state index in [2.05, 4.69) is 0 Å². The Hall–Kier alpha value is 1.19. The summed E-state index contributed by atoms with van der Waals surface area (Å²) in [5.74, 6) is -1.25. The fourth-order valence-electron chi connectivity index (χ4n) is 3.31. The second kappa shape index (κ2) is 10.9. The van der Waals surface area contributed by atoms with Crippen LogP contribution in [-0.2, 0) is 0 Å². The van der Waals surface area contributed by atoms with Crippen molar-refractivity contribution in [3.05, 3.63) is 53.1 Å². The number of benzene rings is 3. The molecule has 1 heterocycles. The molecule has 0 fully saturated rings. The molecule has 3 N–H and O–H groups in total. The fraction of sp³-hybridized carbons (Fsp3) is 0. The summed E-state index contributed by atoms with van der Waals surface area (Å²) in [6.45, 7) is 0. The quantitative estimate of drug-likeness (QED) is 0.0753. The molecule has 33 heavy (non-hydrogen) atoms. The number of aromatic hydroxyl groups is 2. The second-order valence-corrected chi connectivity index (χ2v) is 12.2. The first-order valence-electron chi connectivity index (χ1n) is 8.34. The van der Waals surface area contributed by atoms with E-state index in [9.17, 15) is 20.1 Å². The molecule has 0 saturated heterocycles. The minimum Gasteiger partial charge on any atom is -0.505 e. The third-order valence-corrected chi connectivity index (χ3v) is 9.41. The first-order valence-corrected chi connectivity index (χ1v) is 13.8. The first-order chi connectivity index (χ1) is 15.0. The van der Waals surface area contributed by atoms with Gasteiger partial charge in [-0.05, 0) is 109 Å². The summed E-state index contributed by atoms with van der Waals surface area (Å²) in [7, 11) is 0. The van der Waals surface area contributed by atoms with Crippen LogP contribution in [0.5, 0.6) is 11.5 Å². The van der Waals surface area contributed by atoms with Crippen LogP contribution in [0.1, 0.15) is 10.4 Å². The van der Waals surface area contributed by atoms with Crippen LogP contribution in [0.15, 0.2) is 22.6 Å². The molecule has 0 atom stereocenters. The molecule has 3 aromatic carbocycles. The zero-order valence-corrected chi connectivity index (χ0v) is 28.9. The van der Waals surface area contributed by atoms with E-state index >= 15 is 0 Å². The van der Waals surface area contributed by atoms with E-state index in [1.54, 1.807) is 12.1 Å². The van der Waals surface area contributed by atoms with Crippen LogP contribution < -0.4 is 29.6 Å². The smallest absolute Gasteiger partial charge is 0.505 e. The average Bonchev–Trinajstić information content (AvgIpc) is 2.72. The van der Waals surface area contributed by atoms with Crippen molar-refractivity contribution >= 4 is 153 Å². The van der Waals surface area contributed by atoms with Gasteiger partial charge in [-0.15, -0.1) is 0 Å². The number of aromatic carboxylic acids is 1. The van der Waals surface area contributed by atoms with Crippen LogP contribution in [0.25, 0.3) is 33.1 Å². The summed E-state index contributed by atoms with van der Waals surface area (Å²) >= 11 is 26.9. The van der Waals surface area contributed by atoms with E-state index in [1.165, 1.54) is 6.07 Å². The van der Waals surface area contributed by atoms with Gasteiger partial charge in [0, 0.05) is 11.1 Å². The van der Waals surface area contributed by atoms with E-state index in [0.29, 0.717) is 41.8 Å². The number of carboxylic acids is 1. The molecule has 0 bridgehead atoms. The van der Waals surface area contributed by atoms with Gasteiger partial charge in [-0.1, -0.05) is 34.8 Å². The maximum Gasteiger partial charge on any atom is 1.00 e. The van der Waals surface area contributed by atoms with Crippen LogP contribution in [0, 0.1) is 14.3 Å². The van der Waals surface area contributed by atoms with E-state index in [0.717, 1.165) is 0 Å². The Kier molecular flexibility index (Phi) is 9.49. The number of phenols is 2. The molecule has 0 spiro atoms. The van der Waals surface area contributed by atoms with Crippen LogP contribution in [0.3, 0.4) is 0 Å². The van der Waals surface area contributed by atoms with Gasteiger partial charge < -0.3 is 15.3 Å². The minimum atomic E-state index is -1.30. The first kappa shape index (κ1) is 28.8. The summed E-state index contributed by atoms with van der Waals surface area (Å²) in [5, 5.41) is 32.0. The van der Waals surface area contributed by atoms with Gasteiger partial charge in [0.1, 0.15) is 0 Å². The monoisotopic (exact) mass is 962 g/mol. The van der Waals surface area contributed by atoms with Crippen molar-refractivity contribution in [1.82, 2.24) is 0 Å². The Labute approximate surface area is 278 Å². The number of carbonyl (C=O) groups is 1. The molecule has 4 aromatic rings. The molecule has 0 radical (unpaired) electrons. The SMILES string of the molecule is O=C(O)c1c(Cl)c(Cl)cc(Cl)c1-c1c2cc(I)c(O)c(I)c2[o+]c2c(I)c(O)c(I)cc12.[Na+]. The topological polar surface area (TPSA) is 89.1 Å². The van der Waals surface area contributed by atoms with Crippen molar-refractivity contribution in [3.8, 4) is 22.6 Å². The van der Waals surface area contributed by atoms with E-state index in [-0.39, 0.29) is 67.3 Å². The van der Waals surface area contributed by atoms with Crippen molar-refractivity contribution in [1.29, 1.82) is 0 Å². The molecule has 0 aliphatic heterocycles. The Balaban J connectivity index is 0.00000306. The number of phenolic OH excluding ortho intramolecular Hbond substituents is 2. The van der Waals surface area contributed by atoms with Crippen LogP contribution in [-0.4, -0.2) is 21.3 Å². The molecule has 164 valence electrons. The number of hydrogen-bond donors (Lipinski definition) is 3. The standard InChI is InChI=1S/C20H5Cl3I4O5.Na/c21-6-3-7(22)13(23)12(20(30)31)11(6)10-4-1-8(24)16(28)14(26)18(4)32-19-5(10)2-9(25)17(29)15(19)27;/h1-3H,(H2-,28,29,30,31);/q;+1/p+1. The van der Waals surface area contributed by atoms with Gasteiger partial charge in [-0.3, -0.25) is 0 Å². The van der Waals surface area contributed by atoms with Gasteiger partial charge in [0.05, 0.1) is 38.5 Å². The van der Waals surface area contributed by atoms with Gasteiger partial charge >= 0.3 is 46.7 Å². The number of hydrogen-bond acceptors (Lipinski definition) is 3. The van der Waals surface area contributed by atoms with Crippen molar-refractivity contribution in [2.75, 3.05) is 0 Å². The number of halogens is 7. The molecular formula is C20H6Cl3I4NaO5+2. The summed E-state index contributed by atoms with van der Waals surface area (Å²) in [6.07, 6.45) is 0. The maximum atomic E-state index is 12.3. The molecule has 13 heteroatoms. The summed E-state index contributed by atoms with van der Waals surface area (Å²) in [4.78, 5) is 12.3. The summed E-state index contributed by atoms with van der Waals surface area (Å²) in [5.41, 5.74) is 0.961. The fourth-order valence-corrected chi connectivity index (χ4v) is 7.67. The van der Waals surface area contributed by atoms with Gasteiger partial charge in [-0.25, -0.2) is 9.21 Å². The van der Waals surface area contributed by atoms with Gasteiger partial charge in [0.2, 0.25) is 0 Å². The maximum absolute atomic E-state index is 12.3. The number of rotatable bonds is 2. The average molecular weight is 963 g/mol. The molecule has 0 amide bonds. The van der Waals surface area contributed by atoms with E-state index in [4.69, 9.17) is 39.2 Å². The Bertz CT molecular complexity index is 1440. The van der Waals surface area contributed by atoms with Gasteiger partial charge in [-0.2, -0.15) is 0 Å². The molecule has 1 aromatic heterocycles. The summed E-state index contributed by atoms with van der Waals surface area (Å²) < 4.78 is 8.06. The van der Waals surface area contributed by atoms with Crippen LogP contribution in [0.4, 0.5) is 0 Å². The van der Waals surface area contributed by atoms with Crippen LogP contribution >= 0.6 is 125 Å². The Morgan fingerprint density at radius 1 is 0.788 bits per heavy atom. The number of carboxylic acid groups (broad SMARTS) is 1. The predicted molar refractivity (Wildman–Crippen MR) is 160 cm³/mol. The predicted octanol–water partition coefficient (Wildman–Crippen LogP) is 6.03. The Morgan fingerprint density at radius 2 is 1.24 bits per heavy atom. The molecule has 4 rings (SSSR count). The second-order valence-electron chi connectivity index (χ2n) is 6.48. The van der Waals surface area contributed by atoms with Crippen molar-refractivity contribution < 1.29 is 54.1 Å². The van der Waals surface area contributed by atoms with E-state index in [1.807, 2.05) is 90.4 Å². The molecule has 0 aliphatic carbocycles. The van der Waals surface area contributed by atoms with Crippen molar-refractivity contribution in [2.24, 2.45) is 0 Å². The zero-order valence-electron chi connectivity index (χ0n) is 16.0. The normalized spacial score (nSPS) is 11.1. The third-order valence-electron chi connectivity index (χ3n) is 4.68. The zero-order chi connectivity index (χ0) is 23.6. The van der Waals surface area contributed by atoms with Gasteiger partial charge in [0.25, 0.3) is 0 Å². The van der Waals surface area contributed by atoms with Crippen LogP contribution in [0.2, 0.25) is 15.1 Å². The van der Waals surface area contributed by atoms with Gasteiger partial charge in [0.15, 0.2) is 18.6 Å². The minimum absolute atomic E-state index is 0. The van der Waals surface area contributed by atoms with Crippen molar-refractivity contribution in [2.45, 2.75) is 0 Å².